The maximum Gasteiger partial charge on any atom is 0.0846 e. The van der Waals surface area contributed by atoms with Crippen LogP contribution in [0.5, 0.6) is 0 Å². The van der Waals surface area contributed by atoms with Crippen molar-refractivity contribution in [3.8, 4) is 0 Å². The molecule has 2 heterocycles. The van der Waals surface area contributed by atoms with Gasteiger partial charge in [-0.1, -0.05) is 23.4 Å². The molecular weight excluding hydrogens is 250 g/mol. The normalized spacial score (nSPS) is 12.8. The van der Waals surface area contributed by atoms with Gasteiger partial charge in [0.05, 0.1) is 22.9 Å². The van der Waals surface area contributed by atoms with E-state index < -0.39 is 0 Å². The van der Waals surface area contributed by atoms with Gasteiger partial charge in [-0.25, -0.2) is 0 Å². The molecule has 2 aromatic heterocycles. The van der Waals surface area contributed by atoms with Crippen LogP contribution in [0.15, 0.2) is 36.5 Å². The predicted octanol–water partition coefficient (Wildman–Crippen LogP) is 1.91. The summed E-state index contributed by atoms with van der Waals surface area (Å²) in [6, 6.07) is 10.00. The first kappa shape index (κ1) is 12.7. The van der Waals surface area contributed by atoms with Crippen LogP contribution in [0.3, 0.4) is 0 Å². The maximum absolute atomic E-state index is 6.26. The number of para-hydroxylation sites is 1. The lowest BCUT2D eigenvalue weighted by atomic mass is 10.0. The average Bonchev–Trinajstić information content (AvgIpc) is 2.84. The van der Waals surface area contributed by atoms with Crippen LogP contribution in [-0.4, -0.2) is 20.0 Å². The third-order valence-corrected chi connectivity index (χ3v) is 3.40. The smallest absolute Gasteiger partial charge is 0.0846 e. The zero-order valence-electron chi connectivity index (χ0n) is 11.6. The van der Waals surface area contributed by atoms with E-state index in [2.05, 4.69) is 34.4 Å². The number of hydrogen-bond acceptors (Lipinski definition) is 4. The van der Waals surface area contributed by atoms with Crippen LogP contribution >= 0.6 is 0 Å². The standard InChI is InChI=1S/C15H17N5/c1-10-7-15(17-14-6-4-3-5-12(10)14)13(16)8-11-9-20(2)19-18-11/h3-7,9,13H,8,16H2,1-2H3. The van der Waals surface area contributed by atoms with E-state index in [1.807, 2.05) is 31.4 Å². The van der Waals surface area contributed by atoms with Gasteiger partial charge in [0.2, 0.25) is 0 Å². The van der Waals surface area contributed by atoms with E-state index in [-0.39, 0.29) is 6.04 Å². The van der Waals surface area contributed by atoms with Crippen molar-refractivity contribution in [2.45, 2.75) is 19.4 Å². The second kappa shape index (κ2) is 5.02. The number of benzene rings is 1. The number of pyridine rings is 1. The SMILES string of the molecule is Cc1cc(C(N)Cc2cn(C)nn2)nc2ccccc12. The Balaban J connectivity index is 1.93. The summed E-state index contributed by atoms with van der Waals surface area (Å²) in [7, 11) is 1.85. The molecule has 20 heavy (non-hydrogen) atoms. The summed E-state index contributed by atoms with van der Waals surface area (Å²) in [5.41, 5.74) is 10.2. The van der Waals surface area contributed by atoms with E-state index in [0.29, 0.717) is 6.42 Å². The van der Waals surface area contributed by atoms with E-state index >= 15 is 0 Å². The topological polar surface area (TPSA) is 69.6 Å². The summed E-state index contributed by atoms with van der Waals surface area (Å²) in [4.78, 5) is 4.66. The van der Waals surface area contributed by atoms with Gasteiger partial charge in [-0.15, -0.1) is 5.10 Å². The van der Waals surface area contributed by atoms with Crippen molar-refractivity contribution in [2.75, 3.05) is 0 Å². The Morgan fingerprint density at radius 3 is 2.85 bits per heavy atom. The highest BCUT2D eigenvalue weighted by molar-refractivity contribution is 5.82. The second-order valence-corrected chi connectivity index (χ2v) is 5.08. The van der Waals surface area contributed by atoms with Crippen LogP contribution in [0.1, 0.15) is 23.0 Å². The van der Waals surface area contributed by atoms with Gasteiger partial charge in [0, 0.05) is 25.1 Å². The van der Waals surface area contributed by atoms with Gasteiger partial charge in [-0.2, -0.15) is 0 Å². The quantitative estimate of drug-likeness (QED) is 0.787. The molecule has 0 spiro atoms. The Labute approximate surface area is 117 Å². The number of aryl methyl sites for hydroxylation is 2. The lowest BCUT2D eigenvalue weighted by molar-refractivity contribution is 0.679. The summed E-state index contributed by atoms with van der Waals surface area (Å²) < 4.78 is 1.68. The number of nitrogens with zero attached hydrogens (tertiary/aromatic N) is 4. The van der Waals surface area contributed by atoms with Crippen molar-refractivity contribution in [3.63, 3.8) is 0 Å². The maximum atomic E-state index is 6.26. The van der Waals surface area contributed by atoms with Crippen LogP contribution in [0.25, 0.3) is 10.9 Å². The van der Waals surface area contributed by atoms with Crippen LogP contribution in [-0.2, 0) is 13.5 Å². The minimum atomic E-state index is -0.171. The third-order valence-electron chi connectivity index (χ3n) is 3.40. The van der Waals surface area contributed by atoms with Crippen LogP contribution in [0, 0.1) is 6.92 Å². The van der Waals surface area contributed by atoms with Crippen molar-refractivity contribution < 1.29 is 0 Å². The molecule has 1 atom stereocenters. The van der Waals surface area contributed by atoms with Crippen molar-refractivity contribution in [1.82, 2.24) is 20.0 Å². The molecule has 1 unspecified atom stereocenters. The van der Waals surface area contributed by atoms with E-state index in [4.69, 9.17) is 5.73 Å². The highest BCUT2D eigenvalue weighted by Crippen LogP contribution is 2.21. The van der Waals surface area contributed by atoms with Gasteiger partial charge in [0.15, 0.2) is 0 Å². The molecule has 0 fully saturated rings. The molecule has 0 saturated heterocycles. The molecule has 0 amide bonds. The molecule has 5 nitrogen and oxygen atoms in total. The summed E-state index contributed by atoms with van der Waals surface area (Å²) >= 11 is 0. The Morgan fingerprint density at radius 2 is 2.10 bits per heavy atom. The van der Waals surface area contributed by atoms with Gasteiger partial charge >= 0.3 is 0 Å². The molecule has 0 saturated carbocycles. The minimum absolute atomic E-state index is 0.171. The zero-order valence-corrected chi connectivity index (χ0v) is 11.6. The third kappa shape index (κ3) is 2.40. The molecule has 0 radical (unpaired) electrons. The lowest BCUT2D eigenvalue weighted by Gasteiger charge is -2.12. The highest BCUT2D eigenvalue weighted by Gasteiger charge is 2.12. The van der Waals surface area contributed by atoms with Crippen LogP contribution < -0.4 is 5.73 Å². The Bertz CT molecular complexity index is 747. The Hall–Kier alpha value is -2.27. The molecule has 3 rings (SSSR count). The van der Waals surface area contributed by atoms with Gasteiger partial charge in [-0.05, 0) is 24.6 Å². The van der Waals surface area contributed by atoms with E-state index in [9.17, 15) is 0 Å². The zero-order chi connectivity index (χ0) is 14.1. The summed E-state index contributed by atoms with van der Waals surface area (Å²) in [5, 5.41) is 9.16. The van der Waals surface area contributed by atoms with Gasteiger partial charge in [0.1, 0.15) is 0 Å². The Kier molecular flexibility index (Phi) is 3.20. The molecule has 3 aromatic rings. The van der Waals surface area contributed by atoms with Crippen LogP contribution in [0.2, 0.25) is 0 Å². The molecule has 0 aliphatic rings. The fourth-order valence-corrected chi connectivity index (χ4v) is 2.38. The van der Waals surface area contributed by atoms with Gasteiger partial charge < -0.3 is 5.73 Å². The van der Waals surface area contributed by atoms with Crippen molar-refractivity contribution >= 4 is 10.9 Å². The fraction of sp³-hybridized carbons (Fsp3) is 0.267. The molecule has 2 N–H and O–H groups in total. The van der Waals surface area contributed by atoms with Crippen molar-refractivity contribution in [1.29, 1.82) is 0 Å². The van der Waals surface area contributed by atoms with Gasteiger partial charge in [-0.3, -0.25) is 9.67 Å². The molecule has 0 aliphatic carbocycles. The highest BCUT2D eigenvalue weighted by atomic mass is 15.4. The van der Waals surface area contributed by atoms with Crippen molar-refractivity contribution in [2.24, 2.45) is 12.8 Å². The summed E-state index contributed by atoms with van der Waals surface area (Å²) in [5.74, 6) is 0. The number of aromatic nitrogens is 4. The average molecular weight is 267 g/mol. The minimum Gasteiger partial charge on any atom is -0.322 e. The fourth-order valence-electron chi connectivity index (χ4n) is 2.38. The second-order valence-electron chi connectivity index (χ2n) is 5.08. The number of nitrogens with two attached hydrogens (primary N) is 1. The molecule has 1 aromatic carbocycles. The summed E-state index contributed by atoms with van der Waals surface area (Å²) in [6.45, 7) is 2.09. The Morgan fingerprint density at radius 1 is 1.30 bits per heavy atom. The molecule has 102 valence electrons. The lowest BCUT2D eigenvalue weighted by Crippen LogP contribution is -2.15. The number of fused-ring (bicyclic) bond motifs is 1. The number of rotatable bonds is 3. The first-order valence-electron chi connectivity index (χ1n) is 6.60. The molecule has 0 aliphatic heterocycles. The van der Waals surface area contributed by atoms with E-state index in [1.165, 1.54) is 10.9 Å². The molecule has 5 heteroatoms. The summed E-state index contributed by atoms with van der Waals surface area (Å²) in [6.07, 6.45) is 2.52. The van der Waals surface area contributed by atoms with E-state index in [1.54, 1.807) is 4.68 Å². The van der Waals surface area contributed by atoms with E-state index in [0.717, 1.165) is 16.9 Å². The predicted molar refractivity (Wildman–Crippen MR) is 78.1 cm³/mol. The molecule has 0 bridgehead atoms. The monoisotopic (exact) mass is 267 g/mol. The first-order valence-corrected chi connectivity index (χ1v) is 6.60. The first-order chi connectivity index (χ1) is 9.63. The van der Waals surface area contributed by atoms with Crippen LogP contribution in [0.4, 0.5) is 0 Å². The largest absolute Gasteiger partial charge is 0.322 e. The number of hydrogen-bond donors (Lipinski definition) is 1. The van der Waals surface area contributed by atoms with Gasteiger partial charge in [0.25, 0.3) is 0 Å². The van der Waals surface area contributed by atoms with Crippen molar-refractivity contribution in [3.05, 3.63) is 53.5 Å². The molecular formula is C15H17N5.